The molecule has 0 bridgehead atoms. The first-order valence-electron chi connectivity index (χ1n) is 9.58. The van der Waals surface area contributed by atoms with E-state index < -0.39 is 0 Å². The van der Waals surface area contributed by atoms with Gasteiger partial charge in [0.15, 0.2) is 5.82 Å². The van der Waals surface area contributed by atoms with Crippen molar-refractivity contribution in [3.05, 3.63) is 61.1 Å². The summed E-state index contributed by atoms with van der Waals surface area (Å²) in [4.78, 5) is 13.7. The lowest BCUT2D eigenvalue weighted by Gasteiger charge is -2.13. The van der Waals surface area contributed by atoms with Gasteiger partial charge in [-0.05, 0) is 47.5 Å². The molecular weight excluding hydrogens is 376 g/mol. The van der Waals surface area contributed by atoms with Crippen LogP contribution in [0, 0.1) is 0 Å². The minimum absolute atomic E-state index is 0.600. The molecule has 30 heavy (non-hydrogen) atoms. The van der Waals surface area contributed by atoms with Crippen molar-refractivity contribution in [3.8, 4) is 28.3 Å². The van der Waals surface area contributed by atoms with Gasteiger partial charge < -0.3 is 10.1 Å². The van der Waals surface area contributed by atoms with E-state index in [-0.39, 0.29) is 0 Å². The molecular formula is C23H20N6O. The third-order valence-electron chi connectivity index (χ3n) is 5.22. The number of anilines is 1. The Balaban J connectivity index is 1.73. The van der Waals surface area contributed by atoms with Crippen LogP contribution in [-0.2, 0) is 7.05 Å². The molecule has 0 saturated carbocycles. The van der Waals surface area contributed by atoms with Crippen molar-refractivity contribution in [2.45, 2.75) is 0 Å². The number of ether oxygens (including phenoxy) is 1. The first-order chi connectivity index (χ1) is 14.7. The molecule has 3 heterocycles. The van der Waals surface area contributed by atoms with Crippen LogP contribution in [0.25, 0.3) is 44.3 Å². The fourth-order valence-electron chi connectivity index (χ4n) is 3.68. The summed E-state index contributed by atoms with van der Waals surface area (Å²) >= 11 is 0. The van der Waals surface area contributed by atoms with Crippen molar-refractivity contribution in [2.75, 3.05) is 19.5 Å². The number of aryl methyl sites for hydroxylation is 1. The number of benzene rings is 2. The third-order valence-corrected chi connectivity index (χ3v) is 5.22. The van der Waals surface area contributed by atoms with Gasteiger partial charge in [-0.25, -0.2) is 9.97 Å². The van der Waals surface area contributed by atoms with E-state index in [9.17, 15) is 0 Å². The van der Waals surface area contributed by atoms with Crippen molar-refractivity contribution in [2.24, 2.45) is 7.05 Å². The predicted octanol–water partition coefficient (Wildman–Crippen LogP) is 4.30. The molecule has 2 aromatic carbocycles. The maximum atomic E-state index is 5.72. The Hall–Kier alpha value is -4.00. The van der Waals surface area contributed by atoms with E-state index in [1.165, 1.54) is 0 Å². The number of hydrogen-bond acceptors (Lipinski definition) is 6. The maximum Gasteiger partial charge on any atom is 0.163 e. The number of hydrogen-bond donors (Lipinski definition) is 1. The van der Waals surface area contributed by atoms with Gasteiger partial charge >= 0.3 is 0 Å². The summed E-state index contributed by atoms with van der Waals surface area (Å²) in [5.41, 5.74) is 4.80. The lowest BCUT2D eigenvalue weighted by molar-refractivity contribution is 0.419. The van der Waals surface area contributed by atoms with Crippen LogP contribution < -0.4 is 10.1 Å². The van der Waals surface area contributed by atoms with Crippen LogP contribution >= 0.6 is 0 Å². The van der Waals surface area contributed by atoms with E-state index in [1.807, 2.05) is 43.2 Å². The van der Waals surface area contributed by atoms with Gasteiger partial charge in [-0.2, -0.15) is 5.10 Å². The Labute approximate surface area is 173 Å². The largest absolute Gasteiger partial charge is 0.494 e. The van der Waals surface area contributed by atoms with Gasteiger partial charge in [-0.1, -0.05) is 6.07 Å². The second-order valence-corrected chi connectivity index (χ2v) is 7.00. The molecule has 0 spiro atoms. The van der Waals surface area contributed by atoms with Gasteiger partial charge in [0.05, 0.1) is 18.8 Å². The molecule has 0 saturated heterocycles. The first-order valence-corrected chi connectivity index (χ1v) is 9.58. The molecule has 3 aromatic heterocycles. The molecule has 0 atom stereocenters. The lowest BCUT2D eigenvalue weighted by atomic mass is 10.0. The normalized spacial score (nSPS) is 11.2. The zero-order chi connectivity index (χ0) is 20.7. The smallest absolute Gasteiger partial charge is 0.163 e. The molecule has 0 fully saturated rings. The van der Waals surface area contributed by atoms with Gasteiger partial charge in [0.25, 0.3) is 0 Å². The molecule has 0 amide bonds. The van der Waals surface area contributed by atoms with Gasteiger partial charge in [-0.15, -0.1) is 0 Å². The van der Waals surface area contributed by atoms with Gasteiger partial charge in [0.1, 0.15) is 17.1 Å². The average Bonchev–Trinajstić information content (AvgIpc) is 3.18. The van der Waals surface area contributed by atoms with Crippen LogP contribution in [0.5, 0.6) is 5.75 Å². The molecule has 148 valence electrons. The molecule has 1 N–H and O–H groups in total. The number of rotatable bonds is 4. The summed E-state index contributed by atoms with van der Waals surface area (Å²) in [6, 6.07) is 14.2. The fourth-order valence-corrected chi connectivity index (χ4v) is 3.68. The van der Waals surface area contributed by atoms with E-state index in [0.717, 1.165) is 44.3 Å². The van der Waals surface area contributed by atoms with Crippen molar-refractivity contribution in [3.63, 3.8) is 0 Å². The van der Waals surface area contributed by atoms with E-state index >= 15 is 0 Å². The van der Waals surface area contributed by atoms with Gasteiger partial charge in [0, 0.05) is 42.8 Å². The van der Waals surface area contributed by atoms with Crippen LogP contribution in [0.15, 0.2) is 61.1 Å². The molecule has 7 nitrogen and oxygen atoms in total. The van der Waals surface area contributed by atoms with Crippen LogP contribution in [-0.4, -0.2) is 38.9 Å². The van der Waals surface area contributed by atoms with Crippen molar-refractivity contribution < 1.29 is 4.74 Å². The highest BCUT2D eigenvalue weighted by atomic mass is 16.5. The first kappa shape index (κ1) is 18.1. The predicted molar refractivity (Wildman–Crippen MR) is 119 cm³/mol. The minimum atomic E-state index is 0.600. The second kappa shape index (κ2) is 7.11. The van der Waals surface area contributed by atoms with Crippen molar-refractivity contribution >= 4 is 27.6 Å². The second-order valence-electron chi connectivity index (χ2n) is 7.00. The summed E-state index contributed by atoms with van der Waals surface area (Å²) in [5.74, 6) is 2.03. The molecule has 0 radical (unpaired) electrons. The van der Waals surface area contributed by atoms with Crippen LogP contribution in [0.1, 0.15) is 0 Å². The highest BCUT2D eigenvalue weighted by Crippen LogP contribution is 2.36. The van der Waals surface area contributed by atoms with Crippen LogP contribution in [0.3, 0.4) is 0 Å². The Morgan fingerprint density at radius 3 is 2.63 bits per heavy atom. The zero-order valence-electron chi connectivity index (χ0n) is 16.9. The van der Waals surface area contributed by atoms with Crippen LogP contribution in [0.2, 0.25) is 0 Å². The standard InChI is InChI=1S/C23H20N6O/c1-24-23-18-10-16(14-6-7-19-17(9-14)13-26-29(19)2)11-20(30-3)21(18)27-22(28-23)15-5-4-8-25-12-15/h4-13H,1-3H3,(H,24,27,28). The maximum absolute atomic E-state index is 5.72. The van der Waals surface area contributed by atoms with E-state index in [4.69, 9.17) is 14.7 Å². The van der Waals surface area contributed by atoms with E-state index in [0.29, 0.717) is 11.6 Å². The van der Waals surface area contributed by atoms with E-state index in [1.54, 1.807) is 19.5 Å². The molecule has 0 aliphatic carbocycles. The summed E-state index contributed by atoms with van der Waals surface area (Å²) in [7, 11) is 5.46. The molecule has 5 aromatic rings. The molecule has 0 aliphatic rings. The Morgan fingerprint density at radius 1 is 0.967 bits per heavy atom. The summed E-state index contributed by atoms with van der Waals surface area (Å²) in [6.07, 6.45) is 5.36. The highest BCUT2D eigenvalue weighted by Gasteiger charge is 2.15. The molecule has 0 unspecified atom stereocenters. The number of methoxy groups -OCH3 is 1. The number of aromatic nitrogens is 5. The molecule has 5 rings (SSSR count). The van der Waals surface area contributed by atoms with Crippen molar-refractivity contribution in [1.29, 1.82) is 0 Å². The molecule has 0 aliphatic heterocycles. The summed E-state index contributed by atoms with van der Waals surface area (Å²) in [6.45, 7) is 0. The lowest BCUT2D eigenvalue weighted by Crippen LogP contribution is -2.01. The quantitative estimate of drug-likeness (QED) is 0.488. The molecule has 7 heteroatoms. The number of nitrogens with one attached hydrogen (secondary N) is 1. The highest BCUT2D eigenvalue weighted by molar-refractivity contribution is 5.98. The number of fused-ring (bicyclic) bond motifs is 2. The van der Waals surface area contributed by atoms with Crippen LogP contribution in [0.4, 0.5) is 5.82 Å². The summed E-state index contributed by atoms with van der Waals surface area (Å²) < 4.78 is 7.59. The monoisotopic (exact) mass is 396 g/mol. The average molecular weight is 396 g/mol. The number of pyridine rings is 1. The van der Waals surface area contributed by atoms with E-state index in [2.05, 4.69) is 39.7 Å². The Bertz CT molecular complexity index is 1380. The zero-order valence-corrected chi connectivity index (χ0v) is 16.9. The third kappa shape index (κ3) is 2.91. The minimum Gasteiger partial charge on any atom is -0.494 e. The topological polar surface area (TPSA) is 77.8 Å². The Morgan fingerprint density at radius 2 is 1.87 bits per heavy atom. The van der Waals surface area contributed by atoms with Gasteiger partial charge in [0.2, 0.25) is 0 Å². The number of nitrogens with zero attached hydrogens (tertiary/aromatic N) is 5. The fraction of sp³-hybridized carbons (Fsp3) is 0.130. The van der Waals surface area contributed by atoms with Gasteiger partial charge in [-0.3, -0.25) is 9.67 Å². The Kier molecular flexibility index (Phi) is 4.28. The summed E-state index contributed by atoms with van der Waals surface area (Å²) in [5, 5.41) is 9.52. The van der Waals surface area contributed by atoms with Crippen molar-refractivity contribution in [1.82, 2.24) is 24.7 Å². The SMILES string of the molecule is CNc1nc(-c2cccnc2)nc2c(OC)cc(-c3ccc4c(cnn4C)c3)cc12.